The summed E-state index contributed by atoms with van der Waals surface area (Å²) in [4.78, 5) is 28.2. The smallest absolute Gasteiger partial charge is 0.340 e. The van der Waals surface area contributed by atoms with Crippen molar-refractivity contribution in [3.05, 3.63) is 69.7 Å². The number of carbonyl (C=O) groups excluding carboxylic acids is 1. The molecular weight excluding hydrogens is 384 g/mol. The fraction of sp³-hybridized carbons (Fsp3) is 0.217. The van der Waals surface area contributed by atoms with Crippen molar-refractivity contribution in [2.45, 2.75) is 32.7 Å². The van der Waals surface area contributed by atoms with E-state index >= 15 is 0 Å². The number of aromatic amines is 1. The van der Waals surface area contributed by atoms with Gasteiger partial charge >= 0.3 is 5.63 Å². The Labute approximate surface area is 172 Å². The molecule has 2 aromatic heterocycles. The number of rotatable bonds is 5. The lowest BCUT2D eigenvalue weighted by molar-refractivity contribution is -0.121. The number of aromatic hydroxyl groups is 2. The van der Waals surface area contributed by atoms with Gasteiger partial charge in [-0.25, -0.2) is 4.79 Å². The van der Waals surface area contributed by atoms with Crippen LogP contribution in [0, 0.1) is 6.92 Å². The number of fused-ring (bicyclic) bond motifs is 2. The molecule has 2 heterocycles. The van der Waals surface area contributed by atoms with Gasteiger partial charge in [0, 0.05) is 35.3 Å². The molecule has 0 aliphatic rings. The number of hydrogen-bond acceptors (Lipinski definition) is 5. The number of phenolic OH excluding ortho intramolecular Hbond substituents is 2. The molecule has 0 saturated heterocycles. The Morgan fingerprint density at radius 2 is 2.00 bits per heavy atom. The van der Waals surface area contributed by atoms with Crippen molar-refractivity contribution in [3.8, 4) is 11.5 Å². The zero-order valence-electron chi connectivity index (χ0n) is 16.7. The maximum Gasteiger partial charge on any atom is 0.340 e. The topological polar surface area (TPSA) is 116 Å². The van der Waals surface area contributed by atoms with Crippen LogP contribution in [0.1, 0.15) is 23.6 Å². The van der Waals surface area contributed by atoms with Crippen LogP contribution in [0.4, 0.5) is 0 Å². The van der Waals surface area contributed by atoms with Gasteiger partial charge in [-0.1, -0.05) is 18.2 Å². The monoisotopic (exact) mass is 406 g/mol. The van der Waals surface area contributed by atoms with E-state index in [1.807, 2.05) is 37.4 Å². The number of aryl methyl sites for hydroxylation is 1. The number of phenols is 2. The van der Waals surface area contributed by atoms with E-state index in [2.05, 4.69) is 10.3 Å². The van der Waals surface area contributed by atoms with Crippen LogP contribution in [-0.4, -0.2) is 27.1 Å². The first-order chi connectivity index (χ1) is 14.3. The van der Waals surface area contributed by atoms with Crippen molar-refractivity contribution in [3.63, 3.8) is 0 Å². The van der Waals surface area contributed by atoms with E-state index < -0.39 is 5.63 Å². The zero-order chi connectivity index (χ0) is 21.4. The molecule has 0 unspecified atom stereocenters. The first-order valence-corrected chi connectivity index (χ1v) is 9.66. The summed E-state index contributed by atoms with van der Waals surface area (Å²) < 4.78 is 5.21. The largest absolute Gasteiger partial charge is 0.508 e. The molecule has 4 rings (SSSR count). The number of aromatic nitrogens is 1. The summed E-state index contributed by atoms with van der Waals surface area (Å²) in [7, 11) is 0. The summed E-state index contributed by atoms with van der Waals surface area (Å²) in [5, 5.41) is 24.1. The van der Waals surface area contributed by atoms with E-state index in [9.17, 15) is 19.8 Å². The average molecular weight is 406 g/mol. The van der Waals surface area contributed by atoms with E-state index in [1.54, 1.807) is 6.92 Å². The Kier molecular flexibility index (Phi) is 4.95. The lowest BCUT2D eigenvalue weighted by Crippen LogP contribution is -2.36. The molecule has 0 radical (unpaired) electrons. The minimum atomic E-state index is -0.663. The lowest BCUT2D eigenvalue weighted by Gasteiger charge is -2.14. The normalized spacial score (nSPS) is 12.3. The fourth-order valence-electron chi connectivity index (χ4n) is 3.88. The van der Waals surface area contributed by atoms with Gasteiger partial charge in [0.25, 0.3) is 0 Å². The Balaban J connectivity index is 1.52. The quantitative estimate of drug-likeness (QED) is 0.380. The number of para-hydroxylation sites is 1. The fourth-order valence-corrected chi connectivity index (χ4v) is 3.88. The molecule has 0 spiro atoms. The highest BCUT2D eigenvalue weighted by Crippen LogP contribution is 2.32. The van der Waals surface area contributed by atoms with Crippen LogP contribution in [0.15, 0.2) is 51.8 Å². The minimum absolute atomic E-state index is 0.0758. The van der Waals surface area contributed by atoms with Gasteiger partial charge in [-0.15, -0.1) is 0 Å². The van der Waals surface area contributed by atoms with Crippen molar-refractivity contribution >= 4 is 27.8 Å². The van der Waals surface area contributed by atoms with Crippen LogP contribution < -0.4 is 10.9 Å². The number of nitrogens with one attached hydrogen (secondary N) is 2. The molecule has 30 heavy (non-hydrogen) atoms. The lowest BCUT2D eigenvalue weighted by atomic mass is 10.0. The molecule has 7 heteroatoms. The predicted octanol–water partition coefficient (Wildman–Crippen LogP) is 3.28. The SMILES string of the molecule is Cc1c(CC(=O)N[C@H](C)Cc2c[nH]c3ccccc23)c(=O)oc2cc(O)cc(O)c12. The minimum Gasteiger partial charge on any atom is -0.508 e. The molecule has 0 aliphatic carbocycles. The summed E-state index contributed by atoms with van der Waals surface area (Å²) in [6, 6.07) is 10.3. The van der Waals surface area contributed by atoms with Crippen molar-refractivity contribution in [1.82, 2.24) is 10.3 Å². The van der Waals surface area contributed by atoms with Crippen LogP contribution >= 0.6 is 0 Å². The molecule has 0 saturated carbocycles. The highest BCUT2D eigenvalue weighted by molar-refractivity contribution is 5.90. The molecule has 0 aliphatic heterocycles. The van der Waals surface area contributed by atoms with Crippen molar-refractivity contribution < 1.29 is 19.4 Å². The van der Waals surface area contributed by atoms with Crippen LogP contribution in [0.25, 0.3) is 21.9 Å². The summed E-state index contributed by atoms with van der Waals surface area (Å²) in [5.41, 5.74) is 2.19. The molecule has 0 bridgehead atoms. The van der Waals surface area contributed by atoms with Gasteiger partial charge in [-0.3, -0.25) is 4.79 Å². The highest BCUT2D eigenvalue weighted by Gasteiger charge is 2.19. The molecular formula is C23H22N2O5. The third-order valence-corrected chi connectivity index (χ3v) is 5.29. The number of carbonyl (C=O) groups is 1. The Bertz CT molecular complexity index is 1320. The Morgan fingerprint density at radius 1 is 1.23 bits per heavy atom. The summed E-state index contributed by atoms with van der Waals surface area (Å²) in [6.45, 7) is 3.55. The molecule has 7 nitrogen and oxygen atoms in total. The van der Waals surface area contributed by atoms with Crippen molar-refractivity contribution in [2.24, 2.45) is 0 Å². The molecule has 4 aromatic rings. The Morgan fingerprint density at radius 3 is 2.80 bits per heavy atom. The first kappa shape index (κ1) is 19.6. The first-order valence-electron chi connectivity index (χ1n) is 9.66. The molecule has 154 valence electrons. The standard InChI is InChI=1S/C23H22N2O5/c1-12(7-14-11-24-18-6-4-3-5-16(14)18)25-21(28)10-17-13(2)22-19(27)8-15(26)9-20(22)30-23(17)29/h3-6,8-9,11-12,24,26-27H,7,10H2,1-2H3,(H,25,28)/t12-/m1/s1. The third kappa shape index (κ3) is 3.61. The number of benzene rings is 2. The second kappa shape index (κ2) is 7.59. The van der Waals surface area contributed by atoms with E-state index in [4.69, 9.17) is 4.42 Å². The maximum atomic E-state index is 12.6. The van der Waals surface area contributed by atoms with Gasteiger partial charge in [0.15, 0.2) is 0 Å². The summed E-state index contributed by atoms with van der Waals surface area (Å²) >= 11 is 0. The number of H-pyrrole nitrogens is 1. The second-order valence-corrected chi connectivity index (χ2v) is 7.54. The second-order valence-electron chi connectivity index (χ2n) is 7.54. The average Bonchev–Trinajstić information content (AvgIpc) is 3.07. The summed E-state index contributed by atoms with van der Waals surface area (Å²) in [6.07, 6.45) is 2.41. The highest BCUT2D eigenvalue weighted by atomic mass is 16.4. The van der Waals surface area contributed by atoms with Crippen molar-refractivity contribution in [1.29, 1.82) is 0 Å². The Hall–Kier alpha value is -3.74. The van der Waals surface area contributed by atoms with Gasteiger partial charge in [-0.05, 0) is 37.5 Å². The van der Waals surface area contributed by atoms with Gasteiger partial charge in [0.05, 0.1) is 17.4 Å². The van der Waals surface area contributed by atoms with Gasteiger partial charge in [0.2, 0.25) is 5.91 Å². The van der Waals surface area contributed by atoms with E-state index in [0.717, 1.165) is 16.5 Å². The van der Waals surface area contributed by atoms with Crippen molar-refractivity contribution in [2.75, 3.05) is 0 Å². The van der Waals surface area contributed by atoms with Crippen LogP contribution in [0.2, 0.25) is 0 Å². The van der Waals surface area contributed by atoms with Gasteiger partial charge < -0.3 is 24.9 Å². The van der Waals surface area contributed by atoms with Gasteiger partial charge in [-0.2, -0.15) is 0 Å². The maximum absolute atomic E-state index is 12.6. The van der Waals surface area contributed by atoms with Crippen LogP contribution in [-0.2, 0) is 17.6 Å². The molecule has 2 aromatic carbocycles. The number of amides is 1. The van der Waals surface area contributed by atoms with E-state index in [0.29, 0.717) is 17.4 Å². The van der Waals surface area contributed by atoms with Crippen LogP contribution in [0.5, 0.6) is 11.5 Å². The number of hydrogen-bond donors (Lipinski definition) is 4. The zero-order valence-corrected chi connectivity index (χ0v) is 16.7. The predicted molar refractivity (Wildman–Crippen MR) is 114 cm³/mol. The molecule has 1 amide bonds. The van der Waals surface area contributed by atoms with E-state index in [-0.39, 0.29) is 41.0 Å². The molecule has 1 atom stereocenters. The third-order valence-electron chi connectivity index (χ3n) is 5.29. The van der Waals surface area contributed by atoms with Crippen LogP contribution in [0.3, 0.4) is 0 Å². The summed E-state index contributed by atoms with van der Waals surface area (Å²) in [5.74, 6) is -0.727. The van der Waals surface area contributed by atoms with Gasteiger partial charge in [0.1, 0.15) is 17.1 Å². The van der Waals surface area contributed by atoms with E-state index in [1.165, 1.54) is 12.1 Å². The molecule has 4 N–H and O–H groups in total. The molecule has 0 fully saturated rings.